The minimum absolute atomic E-state index is 0.0322. The molecule has 3 atom stereocenters. The van der Waals surface area contributed by atoms with Crippen LogP contribution >= 0.6 is 22.9 Å². The number of carboxylic acid groups (broad SMARTS) is 1. The first-order chi connectivity index (χ1) is 16.3. The van der Waals surface area contributed by atoms with Crippen LogP contribution in [0.1, 0.15) is 24.5 Å². The van der Waals surface area contributed by atoms with E-state index in [-0.39, 0.29) is 24.9 Å². The number of carbonyl (C=O) groups is 3. The Morgan fingerprint density at radius 1 is 1.26 bits per heavy atom. The SMILES string of the molecule is CC(NC(=O)[C@H]1C[C@H](Cc2ccccc2)CN1C(=O)O)C(=O)NCc1cnc2scc(Cl)c2c1. The number of nitrogens with one attached hydrogen (secondary N) is 2. The number of likely N-dealkylation sites (tertiary alicyclic amines) is 1. The molecule has 0 aliphatic carbocycles. The number of hydrogen-bond donors (Lipinski definition) is 3. The summed E-state index contributed by atoms with van der Waals surface area (Å²) in [6.07, 6.45) is 1.64. The Bertz CT molecular complexity index is 1200. The van der Waals surface area contributed by atoms with Crippen molar-refractivity contribution in [1.29, 1.82) is 0 Å². The molecule has 34 heavy (non-hydrogen) atoms. The van der Waals surface area contributed by atoms with Gasteiger partial charge in [0.15, 0.2) is 0 Å². The predicted octanol–water partition coefficient (Wildman–Crippen LogP) is 3.68. The summed E-state index contributed by atoms with van der Waals surface area (Å²) in [5.41, 5.74) is 1.89. The van der Waals surface area contributed by atoms with Crippen LogP contribution in [0.15, 0.2) is 48.0 Å². The van der Waals surface area contributed by atoms with Gasteiger partial charge in [0.05, 0.1) is 5.02 Å². The molecule has 2 aromatic heterocycles. The molecular weight excluding hydrogens is 476 g/mol. The second-order valence-electron chi connectivity index (χ2n) is 8.47. The monoisotopic (exact) mass is 500 g/mol. The lowest BCUT2D eigenvalue weighted by Crippen LogP contribution is -2.51. The number of pyridine rings is 1. The van der Waals surface area contributed by atoms with Crippen molar-refractivity contribution in [2.75, 3.05) is 6.54 Å². The molecule has 0 spiro atoms. The number of thiophene rings is 1. The van der Waals surface area contributed by atoms with Crippen molar-refractivity contribution in [2.45, 2.75) is 38.4 Å². The fraction of sp³-hybridized carbons (Fsp3) is 0.333. The van der Waals surface area contributed by atoms with Crippen molar-refractivity contribution in [1.82, 2.24) is 20.5 Å². The molecule has 1 aliphatic rings. The topological polar surface area (TPSA) is 112 Å². The van der Waals surface area contributed by atoms with E-state index in [0.717, 1.165) is 21.3 Å². The Morgan fingerprint density at radius 2 is 2.03 bits per heavy atom. The molecule has 8 nitrogen and oxygen atoms in total. The summed E-state index contributed by atoms with van der Waals surface area (Å²) in [6.45, 7) is 2.09. The van der Waals surface area contributed by atoms with Gasteiger partial charge in [-0.05, 0) is 42.9 Å². The molecule has 3 heterocycles. The van der Waals surface area contributed by atoms with E-state index in [2.05, 4.69) is 15.6 Å². The Balaban J connectivity index is 1.32. The van der Waals surface area contributed by atoms with Crippen LogP contribution in [0.3, 0.4) is 0 Å². The fourth-order valence-electron chi connectivity index (χ4n) is 4.22. The third-order valence-electron chi connectivity index (χ3n) is 5.96. The van der Waals surface area contributed by atoms with Crippen molar-refractivity contribution >= 4 is 51.1 Å². The van der Waals surface area contributed by atoms with Gasteiger partial charge in [-0.25, -0.2) is 9.78 Å². The minimum atomic E-state index is -1.14. The van der Waals surface area contributed by atoms with Gasteiger partial charge in [0.1, 0.15) is 16.9 Å². The maximum atomic E-state index is 12.9. The van der Waals surface area contributed by atoms with Crippen LogP contribution in [0.4, 0.5) is 4.79 Å². The van der Waals surface area contributed by atoms with E-state index < -0.39 is 24.1 Å². The lowest BCUT2D eigenvalue weighted by Gasteiger charge is -2.22. The second-order valence-corrected chi connectivity index (χ2v) is 9.74. The average molecular weight is 501 g/mol. The highest BCUT2D eigenvalue weighted by Gasteiger charge is 2.40. The number of halogens is 1. The summed E-state index contributed by atoms with van der Waals surface area (Å²) in [7, 11) is 0. The first-order valence-corrected chi connectivity index (χ1v) is 12.2. The molecule has 1 saturated heterocycles. The number of rotatable bonds is 7. The van der Waals surface area contributed by atoms with Gasteiger partial charge in [-0.3, -0.25) is 14.5 Å². The summed E-state index contributed by atoms with van der Waals surface area (Å²) in [5.74, 6) is -0.802. The number of fused-ring (bicyclic) bond motifs is 1. The van der Waals surface area contributed by atoms with E-state index in [1.54, 1.807) is 13.1 Å². The summed E-state index contributed by atoms with van der Waals surface area (Å²) < 4.78 is 0. The molecule has 1 fully saturated rings. The average Bonchev–Trinajstić information content (AvgIpc) is 3.42. The summed E-state index contributed by atoms with van der Waals surface area (Å²) in [4.78, 5) is 43.5. The van der Waals surface area contributed by atoms with Crippen LogP contribution in [-0.4, -0.2) is 51.5 Å². The molecule has 3 N–H and O–H groups in total. The van der Waals surface area contributed by atoms with Crippen molar-refractivity contribution in [2.24, 2.45) is 5.92 Å². The van der Waals surface area contributed by atoms with Gasteiger partial charge in [-0.2, -0.15) is 0 Å². The molecule has 0 saturated carbocycles. The first-order valence-electron chi connectivity index (χ1n) is 10.9. The van der Waals surface area contributed by atoms with E-state index in [0.29, 0.717) is 17.9 Å². The standard InChI is InChI=1S/C24H25ClN4O4S/c1-14(21(30)26-10-17-8-18-19(25)13-34-23(18)27-11-17)28-22(31)20-9-16(12-29(20)24(32)33)7-15-5-3-2-4-6-15/h2-6,8,11,13-14,16,20H,7,9-10,12H2,1H3,(H,26,30)(H,28,31)(H,32,33)/t14?,16-,20+/m0/s1. The van der Waals surface area contributed by atoms with Crippen LogP contribution in [0.2, 0.25) is 5.02 Å². The molecule has 10 heteroatoms. The van der Waals surface area contributed by atoms with Crippen molar-refractivity contribution in [3.63, 3.8) is 0 Å². The van der Waals surface area contributed by atoms with Gasteiger partial charge in [0.2, 0.25) is 11.8 Å². The smallest absolute Gasteiger partial charge is 0.407 e. The highest BCUT2D eigenvalue weighted by atomic mass is 35.5. The highest BCUT2D eigenvalue weighted by Crippen LogP contribution is 2.29. The first kappa shape index (κ1) is 24.0. The lowest BCUT2D eigenvalue weighted by molar-refractivity contribution is -0.130. The van der Waals surface area contributed by atoms with E-state index in [1.165, 1.54) is 16.2 Å². The Kier molecular flexibility index (Phi) is 7.33. The summed E-state index contributed by atoms with van der Waals surface area (Å²) in [6, 6.07) is 10.0. The second kappa shape index (κ2) is 10.4. The molecule has 1 aromatic carbocycles. The molecular formula is C24H25ClN4O4S. The Morgan fingerprint density at radius 3 is 2.76 bits per heavy atom. The van der Waals surface area contributed by atoms with E-state index in [9.17, 15) is 19.5 Å². The van der Waals surface area contributed by atoms with Crippen LogP contribution in [0.25, 0.3) is 10.2 Å². The normalized spacial score (nSPS) is 18.6. The quantitative estimate of drug-likeness (QED) is 0.458. The zero-order chi connectivity index (χ0) is 24.2. The van der Waals surface area contributed by atoms with Gasteiger partial charge in [0, 0.05) is 30.1 Å². The molecule has 1 aliphatic heterocycles. The van der Waals surface area contributed by atoms with Crippen molar-refractivity contribution in [3.8, 4) is 0 Å². The lowest BCUT2D eigenvalue weighted by atomic mass is 9.96. The third kappa shape index (κ3) is 5.48. The predicted molar refractivity (Wildman–Crippen MR) is 131 cm³/mol. The van der Waals surface area contributed by atoms with Gasteiger partial charge >= 0.3 is 6.09 Å². The van der Waals surface area contributed by atoms with Crippen LogP contribution in [0, 0.1) is 5.92 Å². The minimum Gasteiger partial charge on any atom is -0.465 e. The van der Waals surface area contributed by atoms with Gasteiger partial charge in [-0.15, -0.1) is 11.3 Å². The number of aromatic nitrogens is 1. The van der Waals surface area contributed by atoms with Crippen LogP contribution < -0.4 is 10.6 Å². The van der Waals surface area contributed by atoms with Crippen LogP contribution in [-0.2, 0) is 22.6 Å². The summed E-state index contributed by atoms with van der Waals surface area (Å²) >= 11 is 7.61. The van der Waals surface area contributed by atoms with Gasteiger partial charge < -0.3 is 15.7 Å². The number of amides is 3. The molecule has 3 amide bonds. The summed E-state index contributed by atoms with van der Waals surface area (Å²) in [5, 5.41) is 18.3. The molecule has 3 aromatic rings. The van der Waals surface area contributed by atoms with E-state index in [1.807, 2.05) is 41.8 Å². The largest absolute Gasteiger partial charge is 0.465 e. The van der Waals surface area contributed by atoms with E-state index >= 15 is 0 Å². The maximum absolute atomic E-state index is 12.9. The molecule has 1 unspecified atom stereocenters. The maximum Gasteiger partial charge on any atom is 0.407 e. The molecule has 0 radical (unpaired) electrons. The molecule has 4 rings (SSSR count). The highest BCUT2D eigenvalue weighted by molar-refractivity contribution is 7.17. The zero-order valence-corrected chi connectivity index (χ0v) is 20.1. The van der Waals surface area contributed by atoms with E-state index in [4.69, 9.17) is 11.6 Å². The fourth-order valence-corrected chi connectivity index (χ4v) is 5.31. The number of benzene rings is 1. The van der Waals surface area contributed by atoms with Gasteiger partial charge in [-0.1, -0.05) is 41.9 Å². The third-order valence-corrected chi connectivity index (χ3v) is 7.31. The molecule has 178 valence electrons. The van der Waals surface area contributed by atoms with Crippen LogP contribution in [0.5, 0.6) is 0 Å². The molecule has 0 bridgehead atoms. The van der Waals surface area contributed by atoms with Crippen molar-refractivity contribution < 1.29 is 19.5 Å². The Hall–Kier alpha value is -3.17. The van der Waals surface area contributed by atoms with Crippen molar-refractivity contribution in [3.05, 3.63) is 64.1 Å². The Labute approximate surface area is 205 Å². The number of hydrogen-bond acceptors (Lipinski definition) is 5. The number of nitrogens with zero attached hydrogens (tertiary/aromatic N) is 2. The van der Waals surface area contributed by atoms with Gasteiger partial charge in [0.25, 0.3) is 0 Å². The zero-order valence-electron chi connectivity index (χ0n) is 18.5. The number of carbonyl (C=O) groups excluding carboxylic acids is 2.